The number of benzene rings is 2. The zero-order valence-corrected chi connectivity index (χ0v) is 12.0. The third kappa shape index (κ3) is 3.93. The maximum atomic E-state index is 11.0. The van der Waals surface area contributed by atoms with Crippen LogP contribution in [0.3, 0.4) is 0 Å². The van der Waals surface area contributed by atoms with E-state index in [2.05, 4.69) is 43.1 Å². The van der Waals surface area contributed by atoms with Gasteiger partial charge in [-0.25, -0.2) is 0 Å². The van der Waals surface area contributed by atoms with Crippen molar-refractivity contribution in [3.8, 4) is 0 Å². The molecule has 2 aromatic rings. The van der Waals surface area contributed by atoms with Gasteiger partial charge < -0.3 is 5.73 Å². The van der Waals surface area contributed by atoms with Crippen LogP contribution in [-0.2, 0) is 13.1 Å². The first-order valence-electron chi connectivity index (χ1n) is 6.67. The fourth-order valence-corrected chi connectivity index (χ4v) is 2.15. The monoisotopic (exact) mass is 268 g/mol. The number of primary amides is 1. The van der Waals surface area contributed by atoms with Gasteiger partial charge in [0.05, 0.1) is 0 Å². The van der Waals surface area contributed by atoms with Crippen LogP contribution < -0.4 is 5.73 Å². The van der Waals surface area contributed by atoms with Crippen molar-refractivity contribution in [1.29, 1.82) is 0 Å². The SMILES string of the molecule is Cc1ccc(CN(C)Cc2ccc(C(N)=O)cc2)cc1. The van der Waals surface area contributed by atoms with Crippen molar-refractivity contribution in [2.24, 2.45) is 5.73 Å². The van der Waals surface area contributed by atoms with Gasteiger partial charge >= 0.3 is 0 Å². The number of hydrogen-bond acceptors (Lipinski definition) is 2. The normalized spacial score (nSPS) is 10.8. The number of rotatable bonds is 5. The lowest BCUT2D eigenvalue weighted by atomic mass is 10.1. The molecule has 0 unspecified atom stereocenters. The Morgan fingerprint density at radius 1 is 0.950 bits per heavy atom. The molecule has 0 saturated heterocycles. The van der Waals surface area contributed by atoms with Crippen LogP contribution in [0.25, 0.3) is 0 Å². The smallest absolute Gasteiger partial charge is 0.248 e. The van der Waals surface area contributed by atoms with Crippen molar-refractivity contribution in [3.05, 3.63) is 70.8 Å². The van der Waals surface area contributed by atoms with Gasteiger partial charge in [0, 0.05) is 18.7 Å². The topological polar surface area (TPSA) is 46.3 Å². The van der Waals surface area contributed by atoms with Crippen LogP contribution in [0.4, 0.5) is 0 Å². The van der Waals surface area contributed by atoms with Crippen molar-refractivity contribution >= 4 is 5.91 Å². The van der Waals surface area contributed by atoms with E-state index in [-0.39, 0.29) is 5.91 Å². The zero-order valence-electron chi connectivity index (χ0n) is 12.0. The number of carbonyl (C=O) groups excluding carboxylic acids is 1. The highest BCUT2D eigenvalue weighted by Crippen LogP contribution is 2.10. The minimum absolute atomic E-state index is 0.385. The molecule has 3 nitrogen and oxygen atoms in total. The number of carbonyl (C=O) groups is 1. The highest BCUT2D eigenvalue weighted by atomic mass is 16.1. The summed E-state index contributed by atoms with van der Waals surface area (Å²) in [6, 6.07) is 16.0. The molecule has 0 spiro atoms. The number of nitrogens with two attached hydrogens (primary N) is 1. The molecule has 20 heavy (non-hydrogen) atoms. The van der Waals surface area contributed by atoms with Gasteiger partial charge in [-0.15, -0.1) is 0 Å². The average molecular weight is 268 g/mol. The molecule has 0 radical (unpaired) electrons. The summed E-state index contributed by atoms with van der Waals surface area (Å²) in [6.07, 6.45) is 0. The summed E-state index contributed by atoms with van der Waals surface area (Å²) in [5.74, 6) is -0.385. The fourth-order valence-electron chi connectivity index (χ4n) is 2.15. The van der Waals surface area contributed by atoms with Gasteiger partial charge in [0.2, 0.25) is 5.91 Å². The van der Waals surface area contributed by atoms with Crippen LogP contribution in [-0.4, -0.2) is 17.9 Å². The van der Waals surface area contributed by atoms with E-state index in [1.54, 1.807) is 12.1 Å². The summed E-state index contributed by atoms with van der Waals surface area (Å²) >= 11 is 0. The van der Waals surface area contributed by atoms with E-state index in [0.717, 1.165) is 13.1 Å². The number of nitrogens with zero attached hydrogens (tertiary/aromatic N) is 1. The zero-order chi connectivity index (χ0) is 14.5. The van der Waals surface area contributed by atoms with Gasteiger partial charge in [-0.3, -0.25) is 9.69 Å². The quantitative estimate of drug-likeness (QED) is 0.906. The molecule has 0 bridgehead atoms. The maximum absolute atomic E-state index is 11.0. The summed E-state index contributed by atoms with van der Waals surface area (Å²) in [4.78, 5) is 13.3. The van der Waals surface area contributed by atoms with Gasteiger partial charge in [-0.05, 0) is 37.2 Å². The molecule has 0 aliphatic heterocycles. The average Bonchev–Trinajstić information content (AvgIpc) is 2.42. The fraction of sp³-hybridized carbons (Fsp3) is 0.235. The van der Waals surface area contributed by atoms with Gasteiger partial charge in [0.15, 0.2) is 0 Å². The summed E-state index contributed by atoms with van der Waals surface area (Å²) in [7, 11) is 2.09. The first-order valence-corrected chi connectivity index (χ1v) is 6.67. The molecule has 0 aromatic heterocycles. The highest BCUT2D eigenvalue weighted by Gasteiger charge is 2.04. The molecule has 0 aliphatic carbocycles. The van der Waals surface area contributed by atoms with E-state index in [1.165, 1.54) is 16.7 Å². The maximum Gasteiger partial charge on any atom is 0.248 e. The third-order valence-corrected chi connectivity index (χ3v) is 3.26. The van der Waals surface area contributed by atoms with E-state index in [4.69, 9.17) is 5.73 Å². The lowest BCUT2D eigenvalue weighted by Crippen LogP contribution is -2.17. The molecule has 3 heteroatoms. The predicted molar refractivity (Wildman–Crippen MR) is 81.3 cm³/mol. The van der Waals surface area contributed by atoms with Crippen molar-refractivity contribution in [2.75, 3.05) is 7.05 Å². The van der Waals surface area contributed by atoms with Gasteiger partial charge in [0.1, 0.15) is 0 Å². The standard InChI is InChI=1S/C17H20N2O/c1-13-3-5-14(6-4-13)11-19(2)12-15-7-9-16(10-8-15)17(18)20/h3-10H,11-12H2,1-2H3,(H2,18,20). The Kier molecular flexibility index (Phi) is 4.53. The van der Waals surface area contributed by atoms with Gasteiger partial charge in [-0.1, -0.05) is 42.0 Å². The Labute approximate surface area is 120 Å². The van der Waals surface area contributed by atoms with Crippen molar-refractivity contribution in [3.63, 3.8) is 0 Å². The number of amides is 1. The third-order valence-electron chi connectivity index (χ3n) is 3.26. The van der Waals surface area contributed by atoms with Crippen LogP contribution in [0.2, 0.25) is 0 Å². The van der Waals surface area contributed by atoms with E-state index in [0.29, 0.717) is 5.56 Å². The predicted octanol–water partition coefficient (Wildman–Crippen LogP) is 2.73. The first kappa shape index (κ1) is 14.3. The lowest BCUT2D eigenvalue weighted by molar-refractivity contribution is 0.100. The summed E-state index contributed by atoms with van der Waals surface area (Å²) in [6.45, 7) is 3.83. The minimum atomic E-state index is -0.385. The minimum Gasteiger partial charge on any atom is -0.366 e. The molecule has 0 atom stereocenters. The molecule has 0 heterocycles. The van der Waals surface area contributed by atoms with Crippen molar-refractivity contribution in [1.82, 2.24) is 4.90 Å². The summed E-state index contributed by atoms with van der Waals surface area (Å²) in [5, 5.41) is 0. The van der Waals surface area contributed by atoms with Crippen LogP contribution in [0.1, 0.15) is 27.0 Å². The second-order valence-corrected chi connectivity index (χ2v) is 5.22. The summed E-state index contributed by atoms with van der Waals surface area (Å²) < 4.78 is 0. The summed E-state index contributed by atoms with van der Waals surface area (Å²) in [5.41, 5.74) is 9.53. The molecule has 0 fully saturated rings. The molecular formula is C17H20N2O. The van der Waals surface area contributed by atoms with E-state index >= 15 is 0 Å². The first-order chi connectivity index (χ1) is 9.54. The largest absolute Gasteiger partial charge is 0.366 e. The van der Waals surface area contributed by atoms with E-state index in [1.807, 2.05) is 12.1 Å². The van der Waals surface area contributed by atoms with Crippen LogP contribution in [0.15, 0.2) is 48.5 Å². The molecule has 0 aliphatic rings. The van der Waals surface area contributed by atoms with Crippen LogP contribution >= 0.6 is 0 Å². The molecule has 0 saturated carbocycles. The Bertz CT molecular complexity index is 573. The Hall–Kier alpha value is -2.13. The van der Waals surface area contributed by atoms with Gasteiger partial charge in [-0.2, -0.15) is 0 Å². The van der Waals surface area contributed by atoms with Crippen molar-refractivity contribution in [2.45, 2.75) is 20.0 Å². The van der Waals surface area contributed by atoms with Crippen molar-refractivity contribution < 1.29 is 4.79 Å². The molecule has 1 amide bonds. The molecule has 2 N–H and O–H groups in total. The number of hydrogen-bond donors (Lipinski definition) is 1. The highest BCUT2D eigenvalue weighted by molar-refractivity contribution is 5.92. The molecule has 2 rings (SSSR count). The van der Waals surface area contributed by atoms with Crippen LogP contribution in [0.5, 0.6) is 0 Å². The lowest BCUT2D eigenvalue weighted by Gasteiger charge is -2.17. The molecule has 2 aromatic carbocycles. The van der Waals surface area contributed by atoms with E-state index in [9.17, 15) is 4.79 Å². The second-order valence-electron chi connectivity index (χ2n) is 5.22. The Morgan fingerprint density at radius 3 is 1.85 bits per heavy atom. The Balaban J connectivity index is 1.95. The Morgan fingerprint density at radius 2 is 1.40 bits per heavy atom. The van der Waals surface area contributed by atoms with Gasteiger partial charge in [0.25, 0.3) is 0 Å². The molecule has 104 valence electrons. The van der Waals surface area contributed by atoms with E-state index < -0.39 is 0 Å². The second kappa shape index (κ2) is 6.35. The van der Waals surface area contributed by atoms with Crippen LogP contribution in [0, 0.1) is 6.92 Å². The molecular weight excluding hydrogens is 248 g/mol. The number of aryl methyl sites for hydroxylation is 1.